The Morgan fingerprint density at radius 1 is 1.27 bits per heavy atom. The van der Waals surface area contributed by atoms with Crippen LogP contribution >= 0.6 is 7.60 Å². The molecule has 6 N–H and O–H groups in total. The third-order valence-electron chi connectivity index (χ3n) is 2.76. The average Bonchev–Trinajstić information content (AvgIpc) is 2.58. The largest absolute Gasteiger partial charge is 0.480 e. The Balaban J connectivity index is 2.77. The highest BCUT2D eigenvalue weighted by molar-refractivity contribution is 7.54. The minimum atomic E-state index is -3.37. The van der Waals surface area contributed by atoms with Crippen LogP contribution in [0.5, 0.6) is 0 Å². The molecule has 0 saturated heterocycles. The molecule has 1 heterocycles. The molecule has 0 amide bonds. The van der Waals surface area contributed by atoms with Crippen molar-refractivity contribution in [2.75, 3.05) is 31.2 Å². The van der Waals surface area contributed by atoms with Gasteiger partial charge in [0.2, 0.25) is 0 Å². The Morgan fingerprint density at radius 3 is 2.42 bits per heavy atom. The van der Waals surface area contributed by atoms with Crippen LogP contribution < -0.4 is 16.8 Å². The zero-order valence-corrected chi connectivity index (χ0v) is 15.5. The molecular formula is C14H23N6O5P. The molecule has 1 rings (SSSR count). The summed E-state index contributed by atoms with van der Waals surface area (Å²) in [4.78, 5) is 14.5. The Kier molecular flexibility index (Phi) is 8.70. The van der Waals surface area contributed by atoms with Gasteiger partial charge in [-0.3, -0.25) is 14.3 Å². The molecule has 1 aromatic heterocycles. The van der Waals surface area contributed by atoms with Crippen molar-refractivity contribution in [3.8, 4) is 0 Å². The number of hydrogen-bond acceptors (Lipinski definition) is 8. The quantitative estimate of drug-likeness (QED) is 0.186. The lowest BCUT2D eigenvalue weighted by molar-refractivity contribution is -0.134. The summed E-state index contributed by atoms with van der Waals surface area (Å²) in [5.41, 5.74) is 12.3. The van der Waals surface area contributed by atoms with E-state index in [1.165, 1.54) is 6.20 Å². The molecule has 1 aromatic rings. The van der Waals surface area contributed by atoms with Crippen molar-refractivity contribution in [1.82, 2.24) is 4.98 Å². The van der Waals surface area contributed by atoms with Crippen LogP contribution in [-0.2, 0) is 18.4 Å². The Bertz CT molecular complexity index is 696. The number of anilines is 1. The molecule has 0 saturated carbocycles. The first-order valence-corrected chi connectivity index (χ1v) is 9.48. The molecule has 0 radical (unpaired) electrons. The summed E-state index contributed by atoms with van der Waals surface area (Å²) in [7, 11) is -3.37. The predicted octanol–water partition coefficient (Wildman–Crippen LogP) is 0.822. The molecule has 0 spiro atoms. The van der Waals surface area contributed by atoms with Gasteiger partial charge in [0.15, 0.2) is 5.84 Å². The number of carboxylic acids is 1. The summed E-state index contributed by atoms with van der Waals surface area (Å²) in [6.45, 7) is 3.57. The fraction of sp³-hybridized carbons (Fsp3) is 0.429. The van der Waals surface area contributed by atoms with Crippen LogP contribution in [0.2, 0.25) is 0 Å². The van der Waals surface area contributed by atoms with E-state index in [4.69, 9.17) is 25.6 Å². The van der Waals surface area contributed by atoms with Crippen LogP contribution in [0.1, 0.15) is 19.5 Å². The zero-order chi connectivity index (χ0) is 19.6. The number of amidine groups is 2. The number of carboxylic acid groups (broad SMARTS) is 1. The molecule has 0 aromatic carbocycles. The highest BCUT2D eigenvalue weighted by Gasteiger charge is 2.25. The summed E-state index contributed by atoms with van der Waals surface area (Å²) >= 11 is 0. The summed E-state index contributed by atoms with van der Waals surface area (Å²) < 4.78 is 22.6. The van der Waals surface area contributed by atoms with E-state index in [0.29, 0.717) is 11.4 Å². The minimum absolute atomic E-state index is 0.0135. The van der Waals surface area contributed by atoms with E-state index < -0.39 is 13.6 Å². The maximum Gasteiger partial charge on any atom is 0.338 e. The van der Waals surface area contributed by atoms with Gasteiger partial charge in [-0.25, -0.2) is 0 Å². The Labute approximate surface area is 151 Å². The lowest BCUT2D eigenvalue weighted by Gasteiger charge is -2.15. The second-order valence-electron chi connectivity index (χ2n) is 4.86. The van der Waals surface area contributed by atoms with Crippen molar-refractivity contribution in [1.29, 1.82) is 0 Å². The van der Waals surface area contributed by atoms with Crippen LogP contribution in [0.25, 0.3) is 0 Å². The molecule has 0 aliphatic rings. The molecule has 12 heteroatoms. The molecule has 144 valence electrons. The highest BCUT2D eigenvalue weighted by atomic mass is 31.2. The fourth-order valence-corrected chi connectivity index (χ4v) is 3.25. The maximum absolute atomic E-state index is 12.3. The van der Waals surface area contributed by atoms with Gasteiger partial charge in [-0.1, -0.05) is 0 Å². The summed E-state index contributed by atoms with van der Waals surface area (Å²) in [5.74, 6) is -1.06. The lowest BCUT2D eigenvalue weighted by Crippen LogP contribution is -2.20. The van der Waals surface area contributed by atoms with Crippen LogP contribution in [-0.4, -0.2) is 53.7 Å². The van der Waals surface area contributed by atoms with E-state index in [-0.39, 0.29) is 37.6 Å². The fourth-order valence-electron chi connectivity index (χ4n) is 1.75. The van der Waals surface area contributed by atoms with Gasteiger partial charge in [-0.2, -0.15) is 0 Å². The number of hydrogen-bond donors (Lipinski definition) is 4. The van der Waals surface area contributed by atoms with Gasteiger partial charge in [-0.15, -0.1) is 10.2 Å². The molecule has 0 atom stereocenters. The van der Waals surface area contributed by atoms with E-state index in [1.807, 2.05) is 0 Å². The van der Waals surface area contributed by atoms with Crippen molar-refractivity contribution < 1.29 is 23.5 Å². The van der Waals surface area contributed by atoms with Gasteiger partial charge in [0.05, 0.1) is 25.1 Å². The first-order valence-electron chi connectivity index (χ1n) is 7.75. The smallest absolute Gasteiger partial charge is 0.338 e. The van der Waals surface area contributed by atoms with Crippen molar-refractivity contribution in [2.45, 2.75) is 13.8 Å². The van der Waals surface area contributed by atoms with Crippen LogP contribution in [0.3, 0.4) is 0 Å². The number of rotatable bonds is 11. The van der Waals surface area contributed by atoms with E-state index >= 15 is 0 Å². The molecule has 11 nitrogen and oxygen atoms in total. The number of pyridine rings is 1. The highest BCUT2D eigenvalue weighted by Crippen LogP contribution is 2.47. The van der Waals surface area contributed by atoms with Gasteiger partial charge in [0, 0.05) is 0 Å². The number of nitrogens with zero attached hydrogens (tertiary/aromatic N) is 3. The maximum atomic E-state index is 12.3. The number of carbonyl (C=O) groups is 1. The standard InChI is InChI=1S/C14H23N6O5P/c1-3-24-26(23,25-4-2)9-12(15)19-20-14(16)11-6-5-10(7-18-11)17-8-13(21)22/h5-7,17H,3-4,8-9H2,1-2H3,(H2,15,19)(H2,16,20)(H,21,22). The van der Waals surface area contributed by atoms with Crippen molar-refractivity contribution in [3.63, 3.8) is 0 Å². The monoisotopic (exact) mass is 386 g/mol. The second kappa shape index (κ2) is 10.5. The first-order chi connectivity index (χ1) is 12.3. The van der Waals surface area contributed by atoms with Crippen molar-refractivity contribution in [2.24, 2.45) is 21.7 Å². The average molecular weight is 386 g/mol. The van der Waals surface area contributed by atoms with Gasteiger partial charge in [-0.05, 0) is 26.0 Å². The van der Waals surface area contributed by atoms with Crippen LogP contribution in [0, 0.1) is 0 Å². The normalized spacial score (nSPS) is 12.8. The molecule has 0 aliphatic heterocycles. The Morgan fingerprint density at radius 2 is 1.92 bits per heavy atom. The van der Waals surface area contributed by atoms with Gasteiger partial charge in [0.25, 0.3) is 0 Å². The van der Waals surface area contributed by atoms with Crippen molar-refractivity contribution >= 4 is 30.9 Å². The van der Waals surface area contributed by atoms with Gasteiger partial charge in [0.1, 0.15) is 24.2 Å². The number of aliphatic carboxylic acids is 1. The Hall–Kier alpha value is -2.49. The van der Waals surface area contributed by atoms with E-state index in [1.54, 1.807) is 26.0 Å². The number of aromatic nitrogens is 1. The second-order valence-corrected chi connectivity index (χ2v) is 6.91. The van der Waals surface area contributed by atoms with E-state index in [0.717, 1.165) is 0 Å². The first kappa shape index (κ1) is 21.6. The lowest BCUT2D eigenvalue weighted by atomic mass is 10.3. The van der Waals surface area contributed by atoms with Crippen molar-refractivity contribution in [3.05, 3.63) is 24.0 Å². The third kappa shape index (κ3) is 7.60. The summed E-state index contributed by atoms with van der Waals surface area (Å²) in [6.07, 6.45) is 1.20. The van der Waals surface area contributed by atoms with Gasteiger partial charge >= 0.3 is 13.6 Å². The van der Waals surface area contributed by atoms with E-state index in [2.05, 4.69) is 20.5 Å². The van der Waals surface area contributed by atoms with Gasteiger partial charge < -0.3 is 30.9 Å². The minimum Gasteiger partial charge on any atom is -0.480 e. The molecular weight excluding hydrogens is 363 g/mol. The topological polar surface area (TPSA) is 175 Å². The number of nitrogens with one attached hydrogen (secondary N) is 1. The summed E-state index contributed by atoms with van der Waals surface area (Å²) in [6, 6.07) is 3.14. The molecule has 0 bridgehead atoms. The molecule has 0 unspecified atom stereocenters. The molecule has 0 fully saturated rings. The molecule has 26 heavy (non-hydrogen) atoms. The molecule has 0 aliphatic carbocycles. The number of nitrogens with two attached hydrogens (primary N) is 2. The predicted molar refractivity (Wildman–Crippen MR) is 98.4 cm³/mol. The van der Waals surface area contributed by atoms with Crippen LogP contribution in [0.15, 0.2) is 28.5 Å². The third-order valence-corrected chi connectivity index (χ3v) is 4.78. The summed E-state index contributed by atoms with van der Waals surface area (Å²) in [5, 5.41) is 18.7. The zero-order valence-electron chi connectivity index (χ0n) is 14.6. The van der Waals surface area contributed by atoms with Crippen LogP contribution in [0.4, 0.5) is 5.69 Å². The van der Waals surface area contributed by atoms with E-state index in [9.17, 15) is 9.36 Å². The SMILES string of the molecule is CCOP(=O)(C/C(N)=N/N=C(\N)c1ccc(NCC(=O)O)cn1)OCC.